The lowest BCUT2D eigenvalue weighted by molar-refractivity contribution is -0.128. The topological polar surface area (TPSA) is 132 Å². The number of aromatic amines is 1. The number of aliphatic hydroxyl groups is 1. The first-order valence-corrected chi connectivity index (χ1v) is 11.9. The Hall–Kier alpha value is -2.22. The summed E-state index contributed by atoms with van der Waals surface area (Å²) >= 11 is 6.71. The van der Waals surface area contributed by atoms with Crippen molar-refractivity contribution >= 4 is 37.8 Å². The standard InChI is InChI=1S/C21H24Br2FN3O7/c1-4-10-8-27(21(31)26-19(10)30)20-16(24)17(28)15(34-20)7-25-18(29)9(2)33-14-6-13(32-3)11(22)5-12(14)23/h5-6,8-9,15-17,20,28H,4,7H2,1-3H3,(H,25,29)(H,26,30,31)/t9-,15+,16-,17+,20+/m0/s1. The van der Waals surface area contributed by atoms with Crippen LogP contribution in [0.1, 0.15) is 25.6 Å². The number of ether oxygens (including phenoxy) is 3. The quantitative estimate of drug-likeness (QED) is 0.416. The Bertz CT molecular complexity index is 1170. The van der Waals surface area contributed by atoms with E-state index in [9.17, 15) is 23.9 Å². The molecule has 10 nitrogen and oxygen atoms in total. The molecule has 186 valence electrons. The summed E-state index contributed by atoms with van der Waals surface area (Å²) in [7, 11) is 1.50. The zero-order chi connectivity index (χ0) is 25.2. The minimum absolute atomic E-state index is 0.228. The van der Waals surface area contributed by atoms with E-state index in [4.69, 9.17) is 14.2 Å². The van der Waals surface area contributed by atoms with Gasteiger partial charge in [-0.2, -0.15) is 0 Å². The molecule has 2 heterocycles. The first-order valence-electron chi connectivity index (χ1n) is 10.4. The van der Waals surface area contributed by atoms with Gasteiger partial charge in [0.15, 0.2) is 18.5 Å². The van der Waals surface area contributed by atoms with Gasteiger partial charge >= 0.3 is 5.69 Å². The van der Waals surface area contributed by atoms with Gasteiger partial charge in [-0.1, -0.05) is 6.92 Å². The fourth-order valence-corrected chi connectivity index (χ4v) is 4.66. The van der Waals surface area contributed by atoms with Gasteiger partial charge in [0.2, 0.25) is 0 Å². The zero-order valence-electron chi connectivity index (χ0n) is 18.5. The largest absolute Gasteiger partial charge is 0.495 e. The van der Waals surface area contributed by atoms with Crippen LogP contribution in [-0.4, -0.2) is 58.7 Å². The fourth-order valence-electron chi connectivity index (χ4n) is 3.41. The molecule has 34 heavy (non-hydrogen) atoms. The molecule has 13 heteroatoms. The van der Waals surface area contributed by atoms with Crippen LogP contribution in [0.15, 0.2) is 36.9 Å². The zero-order valence-corrected chi connectivity index (χ0v) is 21.7. The third-order valence-electron chi connectivity index (χ3n) is 5.35. The number of alkyl halides is 1. The van der Waals surface area contributed by atoms with Crippen LogP contribution in [0.4, 0.5) is 4.39 Å². The van der Waals surface area contributed by atoms with E-state index in [0.29, 0.717) is 26.9 Å². The lowest BCUT2D eigenvalue weighted by Crippen LogP contribution is -2.43. The number of aliphatic hydroxyl groups excluding tert-OH is 1. The Balaban J connectivity index is 1.65. The highest BCUT2D eigenvalue weighted by Gasteiger charge is 2.45. The maximum absolute atomic E-state index is 14.8. The van der Waals surface area contributed by atoms with Crippen LogP contribution in [-0.2, 0) is 16.0 Å². The predicted molar refractivity (Wildman–Crippen MR) is 127 cm³/mol. The summed E-state index contributed by atoms with van der Waals surface area (Å²) in [5, 5.41) is 12.8. The summed E-state index contributed by atoms with van der Waals surface area (Å²) in [4.78, 5) is 38.6. The van der Waals surface area contributed by atoms with E-state index in [-0.39, 0.29) is 12.1 Å². The number of halogens is 3. The van der Waals surface area contributed by atoms with Crippen LogP contribution in [0.25, 0.3) is 0 Å². The number of hydrogen-bond donors (Lipinski definition) is 3. The Labute approximate surface area is 210 Å². The van der Waals surface area contributed by atoms with Gasteiger partial charge < -0.3 is 24.6 Å². The number of carbonyl (C=O) groups is 1. The van der Waals surface area contributed by atoms with Crippen molar-refractivity contribution < 1.29 is 28.5 Å². The van der Waals surface area contributed by atoms with Crippen molar-refractivity contribution in [2.45, 2.75) is 51.0 Å². The minimum Gasteiger partial charge on any atom is -0.495 e. The van der Waals surface area contributed by atoms with E-state index >= 15 is 0 Å². The number of methoxy groups -OCH3 is 1. The minimum atomic E-state index is -1.95. The van der Waals surface area contributed by atoms with Crippen LogP contribution < -0.4 is 26.0 Å². The average Bonchev–Trinajstić information content (AvgIpc) is 3.07. The third kappa shape index (κ3) is 5.53. The Morgan fingerprint density at radius 3 is 2.65 bits per heavy atom. The molecule has 1 amide bonds. The van der Waals surface area contributed by atoms with Crippen molar-refractivity contribution in [1.29, 1.82) is 0 Å². The van der Waals surface area contributed by atoms with Gasteiger partial charge in [-0.25, -0.2) is 9.18 Å². The highest BCUT2D eigenvalue weighted by atomic mass is 79.9. The van der Waals surface area contributed by atoms with Crippen LogP contribution in [0.5, 0.6) is 11.5 Å². The monoisotopic (exact) mass is 607 g/mol. The molecule has 1 aromatic carbocycles. The number of nitrogens with zero attached hydrogens (tertiary/aromatic N) is 1. The van der Waals surface area contributed by atoms with Gasteiger partial charge in [0.1, 0.15) is 23.7 Å². The van der Waals surface area contributed by atoms with Gasteiger partial charge in [-0.3, -0.25) is 19.1 Å². The van der Waals surface area contributed by atoms with Gasteiger partial charge in [0, 0.05) is 24.4 Å². The molecule has 0 radical (unpaired) electrons. The summed E-state index contributed by atoms with van der Waals surface area (Å²) < 4.78 is 33.4. The summed E-state index contributed by atoms with van der Waals surface area (Å²) in [5.74, 6) is 0.350. The van der Waals surface area contributed by atoms with Crippen LogP contribution in [0, 0.1) is 0 Å². The normalized spacial score (nSPS) is 22.9. The van der Waals surface area contributed by atoms with E-state index in [2.05, 4.69) is 42.2 Å². The van der Waals surface area contributed by atoms with Crippen molar-refractivity contribution in [3.05, 3.63) is 53.7 Å². The molecule has 1 saturated heterocycles. The highest BCUT2D eigenvalue weighted by Crippen LogP contribution is 2.36. The molecule has 1 aliphatic heterocycles. The summed E-state index contributed by atoms with van der Waals surface area (Å²) in [6.45, 7) is 3.00. The maximum atomic E-state index is 14.8. The SMILES string of the molecule is CCc1cn([C@@H]2O[C@H](CNC(=O)[C@H](C)Oc3cc(OC)c(Br)cc3Br)[C@@H](O)[C@@H]2F)c(=O)[nH]c1=O. The van der Waals surface area contributed by atoms with Crippen molar-refractivity contribution in [2.75, 3.05) is 13.7 Å². The van der Waals surface area contributed by atoms with E-state index in [1.165, 1.54) is 20.2 Å². The summed E-state index contributed by atoms with van der Waals surface area (Å²) in [5.41, 5.74) is -1.15. The van der Waals surface area contributed by atoms with Crippen LogP contribution >= 0.6 is 31.9 Å². The molecule has 0 aliphatic carbocycles. The predicted octanol–water partition coefficient (Wildman–Crippen LogP) is 1.81. The van der Waals surface area contributed by atoms with Crippen LogP contribution in [0.3, 0.4) is 0 Å². The van der Waals surface area contributed by atoms with Gasteiger partial charge in [-0.15, -0.1) is 0 Å². The molecular formula is C21H24Br2FN3O7. The molecule has 0 saturated carbocycles. The Kier molecular flexibility index (Phi) is 8.55. The number of nitrogens with one attached hydrogen (secondary N) is 2. The smallest absolute Gasteiger partial charge is 0.330 e. The number of benzene rings is 1. The van der Waals surface area contributed by atoms with Gasteiger partial charge in [0.25, 0.3) is 11.5 Å². The number of amides is 1. The van der Waals surface area contributed by atoms with E-state index < -0.39 is 47.9 Å². The number of H-pyrrole nitrogens is 1. The number of rotatable bonds is 8. The lowest BCUT2D eigenvalue weighted by atomic mass is 10.1. The lowest BCUT2D eigenvalue weighted by Gasteiger charge is -2.19. The highest BCUT2D eigenvalue weighted by molar-refractivity contribution is 9.11. The second kappa shape index (κ2) is 11.0. The molecule has 5 atom stereocenters. The first kappa shape index (κ1) is 26.4. The van der Waals surface area contributed by atoms with E-state index in [1.807, 2.05) is 0 Å². The van der Waals surface area contributed by atoms with E-state index in [1.54, 1.807) is 19.1 Å². The third-order valence-corrected chi connectivity index (χ3v) is 6.59. The molecule has 3 rings (SSSR count). The molecule has 3 N–H and O–H groups in total. The fraction of sp³-hybridized carbons (Fsp3) is 0.476. The van der Waals surface area contributed by atoms with Crippen molar-refractivity contribution in [1.82, 2.24) is 14.9 Å². The average molecular weight is 609 g/mol. The maximum Gasteiger partial charge on any atom is 0.330 e. The Morgan fingerprint density at radius 1 is 1.32 bits per heavy atom. The summed E-state index contributed by atoms with van der Waals surface area (Å²) in [6.07, 6.45) is -5.53. The molecule has 2 aromatic rings. The molecule has 0 unspecified atom stereocenters. The molecule has 0 bridgehead atoms. The van der Waals surface area contributed by atoms with Crippen molar-refractivity contribution in [2.24, 2.45) is 0 Å². The van der Waals surface area contributed by atoms with Gasteiger partial charge in [-0.05, 0) is 51.3 Å². The Morgan fingerprint density at radius 2 is 2.00 bits per heavy atom. The second-order valence-electron chi connectivity index (χ2n) is 7.60. The van der Waals surface area contributed by atoms with Crippen LogP contribution in [0.2, 0.25) is 0 Å². The first-order chi connectivity index (χ1) is 16.1. The van der Waals surface area contributed by atoms with E-state index in [0.717, 1.165) is 4.57 Å². The number of hydrogen-bond acceptors (Lipinski definition) is 7. The molecule has 0 spiro atoms. The van der Waals surface area contributed by atoms with Gasteiger partial charge in [0.05, 0.1) is 16.1 Å². The second-order valence-corrected chi connectivity index (χ2v) is 9.31. The number of aromatic nitrogens is 2. The van der Waals surface area contributed by atoms with Crippen molar-refractivity contribution in [3.63, 3.8) is 0 Å². The number of carbonyl (C=O) groups excluding carboxylic acids is 1. The molecule has 1 fully saturated rings. The summed E-state index contributed by atoms with van der Waals surface area (Å²) in [6, 6.07) is 3.32. The molecule has 1 aromatic heterocycles. The number of aryl methyl sites for hydroxylation is 1. The van der Waals surface area contributed by atoms with Crippen molar-refractivity contribution in [3.8, 4) is 11.5 Å². The molecule has 1 aliphatic rings. The molecular weight excluding hydrogens is 585 g/mol.